The smallest absolute Gasteiger partial charge is 0.280 e. The maximum absolute atomic E-state index is 13.7. The minimum Gasteiger partial charge on any atom is -0.389 e. The van der Waals surface area contributed by atoms with Gasteiger partial charge in [0.05, 0.1) is 16.2 Å². The lowest BCUT2D eigenvalue weighted by molar-refractivity contribution is -0.119. The van der Waals surface area contributed by atoms with Gasteiger partial charge in [-0.2, -0.15) is 0 Å². The highest BCUT2D eigenvalue weighted by molar-refractivity contribution is 7.17. The number of alkyl halides is 2. The average Bonchev–Trinajstić information content (AvgIpc) is 3.54. The number of amides is 2. The first-order valence-corrected chi connectivity index (χ1v) is 13.7. The fraction of sp³-hybridized carbons (Fsp3) is 0.630. The fourth-order valence-corrected chi connectivity index (χ4v) is 5.55. The summed E-state index contributed by atoms with van der Waals surface area (Å²) in [7, 11) is 0. The topological polar surface area (TPSA) is 107 Å². The SMILES string of the molecule is Cc1nc(C(=O)NCC(C)(C)O)sc1-c1cnc(NCC(C)(C)C)cc1C(F)F.O=CN1C2CCC1CC2. The summed E-state index contributed by atoms with van der Waals surface area (Å²) in [5.41, 5.74) is -0.509. The van der Waals surface area contributed by atoms with E-state index in [-0.39, 0.29) is 28.1 Å². The van der Waals surface area contributed by atoms with Crippen molar-refractivity contribution < 1.29 is 23.5 Å². The quantitative estimate of drug-likeness (QED) is 0.390. The second-order valence-corrected chi connectivity index (χ2v) is 12.8. The Morgan fingerprint density at radius 3 is 2.26 bits per heavy atom. The second kappa shape index (κ2) is 12.0. The Balaban J connectivity index is 0.000000368. The fourth-order valence-electron chi connectivity index (χ4n) is 4.53. The zero-order valence-electron chi connectivity index (χ0n) is 23.0. The van der Waals surface area contributed by atoms with E-state index >= 15 is 0 Å². The number of pyridine rings is 1. The van der Waals surface area contributed by atoms with Crippen molar-refractivity contribution in [2.45, 2.75) is 91.3 Å². The number of anilines is 1. The predicted octanol–water partition coefficient (Wildman–Crippen LogP) is 5.18. The van der Waals surface area contributed by atoms with Gasteiger partial charge in [-0.25, -0.2) is 18.7 Å². The van der Waals surface area contributed by atoms with Crippen LogP contribution in [0.3, 0.4) is 0 Å². The van der Waals surface area contributed by atoms with E-state index in [9.17, 15) is 23.5 Å². The molecule has 4 rings (SSSR count). The Hall–Kier alpha value is -2.66. The zero-order chi connectivity index (χ0) is 28.3. The Kier molecular flexibility index (Phi) is 9.46. The van der Waals surface area contributed by atoms with Gasteiger partial charge in [-0.05, 0) is 57.9 Å². The molecular formula is C27H39F2N5O3S. The molecule has 2 aliphatic rings. The van der Waals surface area contributed by atoms with Gasteiger partial charge in [0, 0.05) is 42.5 Å². The highest BCUT2D eigenvalue weighted by atomic mass is 32.1. The molecule has 4 heterocycles. The number of nitrogens with one attached hydrogen (secondary N) is 2. The van der Waals surface area contributed by atoms with Crippen molar-refractivity contribution in [1.29, 1.82) is 0 Å². The van der Waals surface area contributed by atoms with Crippen LogP contribution in [0.1, 0.15) is 87.8 Å². The number of nitrogens with zero attached hydrogens (tertiary/aromatic N) is 3. The summed E-state index contributed by atoms with van der Waals surface area (Å²) in [5, 5.41) is 15.6. The molecule has 2 fully saturated rings. The van der Waals surface area contributed by atoms with E-state index in [1.807, 2.05) is 25.7 Å². The van der Waals surface area contributed by atoms with Gasteiger partial charge in [0.1, 0.15) is 5.82 Å². The Morgan fingerprint density at radius 2 is 1.79 bits per heavy atom. The van der Waals surface area contributed by atoms with Gasteiger partial charge >= 0.3 is 0 Å². The monoisotopic (exact) mass is 551 g/mol. The zero-order valence-corrected chi connectivity index (χ0v) is 23.8. The van der Waals surface area contributed by atoms with Gasteiger partial charge in [0.25, 0.3) is 12.3 Å². The normalized spacial score (nSPS) is 18.8. The number of fused-ring (bicyclic) bond motifs is 2. The summed E-state index contributed by atoms with van der Waals surface area (Å²) in [5.74, 6) is -0.0780. The van der Waals surface area contributed by atoms with Crippen molar-refractivity contribution in [1.82, 2.24) is 20.2 Å². The minimum absolute atomic E-state index is 0.0228. The van der Waals surface area contributed by atoms with Crippen molar-refractivity contribution in [3.05, 3.63) is 28.5 Å². The number of halogens is 2. The molecule has 0 saturated carbocycles. The molecule has 2 saturated heterocycles. The Morgan fingerprint density at radius 1 is 1.18 bits per heavy atom. The van der Waals surface area contributed by atoms with Crippen LogP contribution in [-0.2, 0) is 4.79 Å². The molecule has 0 unspecified atom stereocenters. The molecule has 2 amide bonds. The summed E-state index contributed by atoms with van der Waals surface area (Å²) in [6.45, 7) is 11.6. The van der Waals surface area contributed by atoms with Crippen LogP contribution in [-0.4, -0.2) is 63.1 Å². The van der Waals surface area contributed by atoms with Crippen LogP contribution >= 0.6 is 11.3 Å². The number of rotatable bonds is 8. The number of hydrogen-bond acceptors (Lipinski definition) is 7. The average molecular weight is 552 g/mol. The lowest BCUT2D eigenvalue weighted by Crippen LogP contribution is -2.38. The van der Waals surface area contributed by atoms with E-state index in [4.69, 9.17) is 0 Å². The number of aliphatic hydroxyl groups is 1. The molecule has 0 spiro atoms. The van der Waals surface area contributed by atoms with Crippen molar-refractivity contribution in [3.63, 3.8) is 0 Å². The number of carbonyl (C=O) groups is 2. The van der Waals surface area contributed by atoms with Crippen LogP contribution in [0.4, 0.5) is 14.6 Å². The number of aromatic nitrogens is 2. The van der Waals surface area contributed by atoms with Gasteiger partial charge < -0.3 is 20.6 Å². The highest BCUT2D eigenvalue weighted by Gasteiger charge is 2.38. The first kappa shape index (κ1) is 29.9. The Bertz CT molecular complexity index is 1110. The molecule has 2 bridgehead atoms. The van der Waals surface area contributed by atoms with E-state index in [0.29, 0.717) is 35.0 Å². The third-order valence-electron chi connectivity index (χ3n) is 6.52. The molecule has 210 valence electrons. The number of hydrogen-bond donors (Lipinski definition) is 3. The van der Waals surface area contributed by atoms with Crippen molar-refractivity contribution >= 4 is 29.5 Å². The summed E-state index contributed by atoms with van der Waals surface area (Å²) in [4.78, 5) is 33.6. The second-order valence-electron chi connectivity index (χ2n) is 11.8. The van der Waals surface area contributed by atoms with E-state index in [0.717, 1.165) is 17.7 Å². The van der Waals surface area contributed by atoms with Crippen LogP contribution < -0.4 is 10.6 Å². The largest absolute Gasteiger partial charge is 0.389 e. The number of aryl methyl sites for hydroxylation is 1. The van der Waals surface area contributed by atoms with Crippen LogP contribution in [0.5, 0.6) is 0 Å². The lowest BCUT2D eigenvalue weighted by atomic mass is 9.97. The summed E-state index contributed by atoms with van der Waals surface area (Å²) in [6.07, 6.45) is 4.73. The van der Waals surface area contributed by atoms with Gasteiger partial charge in [-0.3, -0.25) is 9.59 Å². The molecule has 11 heteroatoms. The van der Waals surface area contributed by atoms with Crippen molar-refractivity contribution in [2.24, 2.45) is 5.41 Å². The third-order valence-corrected chi connectivity index (χ3v) is 7.71. The molecule has 0 atom stereocenters. The summed E-state index contributed by atoms with van der Waals surface area (Å²) >= 11 is 1.03. The molecule has 2 aromatic rings. The first-order valence-electron chi connectivity index (χ1n) is 12.9. The number of thiazole rings is 1. The van der Waals surface area contributed by atoms with Crippen LogP contribution in [0.25, 0.3) is 10.4 Å². The van der Waals surface area contributed by atoms with Crippen LogP contribution in [0, 0.1) is 12.3 Å². The molecule has 0 aromatic carbocycles. The lowest BCUT2D eigenvalue weighted by Gasteiger charge is -2.19. The van der Waals surface area contributed by atoms with E-state index in [2.05, 4.69) is 20.6 Å². The van der Waals surface area contributed by atoms with Gasteiger partial charge in [0.2, 0.25) is 6.41 Å². The molecule has 2 aliphatic heterocycles. The van der Waals surface area contributed by atoms with Crippen LogP contribution in [0.2, 0.25) is 0 Å². The molecular weight excluding hydrogens is 512 g/mol. The van der Waals surface area contributed by atoms with Crippen molar-refractivity contribution in [2.75, 3.05) is 18.4 Å². The van der Waals surface area contributed by atoms with Crippen molar-refractivity contribution in [3.8, 4) is 10.4 Å². The minimum atomic E-state index is -2.70. The molecule has 8 nitrogen and oxygen atoms in total. The van der Waals surface area contributed by atoms with E-state index in [1.165, 1.54) is 37.9 Å². The predicted molar refractivity (Wildman–Crippen MR) is 146 cm³/mol. The first-order chi connectivity index (χ1) is 17.7. The highest BCUT2D eigenvalue weighted by Crippen LogP contribution is 2.38. The Labute approximate surface area is 227 Å². The molecule has 0 aliphatic carbocycles. The standard InChI is InChI=1S/C20H28F2N4O2S.C7H11NO/c1-11-15(29-18(26-11)17(27)25-10-20(5,6)28)13-8-23-14(7-12(13)16(21)22)24-9-19(2,3)4;9-5-8-6-1-2-7(8)4-3-6/h7-8,16,28H,9-10H2,1-6H3,(H,23,24)(H,25,27);5-7H,1-4H2. The van der Waals surface area contributed by atoms with Crippen LogP contribution in [0.15, 0.2) is 12.3 Å². The maximum Gasteiger partial charge on any atom is 0.280 e. The third kappa shape index (κ3) is 7.92. The number of carbonyl (C=O) groups excluding carboxylic acids is 2. The molecule has 38 heavy (non-hydrogen) atoms. The summed E-state index contributed by atoms with van der Waals surface area (Å²) in [6, 6.07) is 2.58. The van der Waals surface area contributed by atoms with E-state index < -0.39 is 17.9 Å². The molecule has 0 radical (unpaired) electrons. The molecule has 2 aromatic heterocycles. The van der Waals surface area contributed by atoms with Gasteiger partial charge in [-0.15, -0.1) is 11.3 Å². The maximum atomic E-state index is 13.7. The van der Waals surface area contributed by atoms with E-state index in [1.54, 1.807) is 20.8 Å². The van der Waals surface area contributed by atoms with Gasteiger partial charge in [-0.1, -0.05) is 20.8 Å². The summed E-state index contributed by atoms with van der Waals surface area (Å²) < 4.78 is 27.5. The molecule has 3 N–H and O–H groups in total. The van der Waals surface area contributed by atoms with Gasteiger partial charge in [0.15, 0.2) is 5.01 Å².